The fourth-order valence-electron chi connectivity index (χ4n) is 3.15. The fourth-order valence-corrected chi connectivity index (χ4v) is 3.99. The largest absolute Gasteiger partial charge is 0.320 e. The average molecular weight is 406 g/mol. The summed E-state index contributed by atoms with van der Waals surface area (Å²) in [6.45, 7) is 4.27. The first-order chi connectivity index (χ1) is 11.3. The summed E-state index contributed by atoms with van der Waals surface area (Å²) in [4.78, 5) is 7.10. The summed E-state index contributed by atoms with van der Waals surface area (Å²) in [7, 11) is 2.02. The molecule has 1 fully saturated rings. The molecule has 2 heterocycles. The van der Waals surface area contributed by atoms with Crippen LogP contribution < -0.4 is 5.32 Å². The minimum absolute atomic E-state index is 0. The first-order valence-corrected chi connectivity index (χ1v) is 9.20. The molecule has 140 valence electrons. The predicted molar refractivity (Wildman–Crippen MR) is 109 cm³/mol. The lowest BCUT2D eigenvalue weighted by Gasteiger charge is -2.31. The Labute approximate surface area is 165 Å². The Morgan fingerprint density at radius 3 is 2.64 bits per heavy atom. The van der Waals surface area contributed by atoms with Crippen LogP contribution in [0.2, 0.25) is 0 Å². The molecule has 1 aromatic heterocycles. The van der Waals surface area contributed by atoms with Gasteiger partial charge in [0.15, 0.2) is 0 Å². The van der Waals surface area contributed by atoms with Gasteiger partial charge < -0.3 is 5.32 Å². The minimum atomic E-state index is -0.196. The number of aromatic nitrogens is 1. The third-order valence-electron chi connectivity index (χ3n) is 4.55. The van der Waals surface area contributed by atoms with Crippen molar-refractivity contribution in [2.24, 2.45) is 5.92 Å². The van der Waals surface area contributed by atoms with Crippen LogP contribution in [0, 0.1) is 11.7 Å². The number of halogens is 3. The summed E-state index contributed by atoms with van der Waals surface area (Å²) in [5.41, 5.74) is 1.66. The molecule has 0 radical (unpaired) electrons. The van der Waals surface area contributed by atoms with Crippen molar-refractivity contribution in [2.75, 3.05) is 26.7 Å². The maximum Gasteiger partial charge on any atom is 0.133 e. The van der Waals surface area contributed by atoms with Crippen LogP contribution in [-0.4, -0.2) is 36.6 Å². The van der Waals surface area contributed by atoms with E-state index in [0.29, 0.717) is 5.56 Å². The van der Waals surface area contributed by atoms with E-state index >= 15 is 0 Å². The van der Waals surface area contributed by atoms with Gasteiger partial charge in [-0.2, -0.15) is 0 Å². The molecule has 1 N–H and O–H groups in total. The van der Waals surface area contributed by atoms with Crippen molar-refractivity contribution in [3.63, 3.8) is 0 Å². The van der Waals surface area contributed by atoms with Gasteiger partial charge in [0.05, 0.1) is 5.69 Å². The summed E-state index contributed by atoms with van der Waals surface area (Å²) in [5.74, 6) is 0.654. The smallest absolute Gasteiger partial charge is 0.133 e. The van der Waals surface area contributed by atoms with Gasteiger partial charge in [0.25, 0.3) is 0 Å². The molecule has 0 spiro atoms. The number of hydrogen-bond donors (Lipinski definition) is 1. The number of likely N-dealkylation sites (tertiary alicyclic amines) is 1. The number of benzene rings is 1. The lowest BCUT2D eigenvalue weighted by molar-refractivity contribution is 0.171. The Kier molecular flexibility index (Phi) is 9.90. The summed E-state index contributed by atoms with van der Waals surface area (Å²) < 4.78 is 13.8. The highest BCUT2D eigenvalue weighted by molar-refractivity contribution is 7.13. The Morgan fingerprint density at radius 2 is 1.96 bits per heavy atom. The highest BCUT2D eigenvalue weighted by Gasteiger charge is 2.19. The summed E-state index contributed by atoms with van der Waals surface area (Å²) in [5, 5.41) is 6.08. The van der Waals surface area contributed by atoms with Crippen LogP contribution in [0.1, 0.15) is 25.0 Å². The van der Waals surface area contributed by atoms with Crippen LogP contribution in [-0.2, 0) is 6.54 Å². The molecule has 3 nitrogen and oxygen atoms in total. The van der Waals surface area contributed by atoms with Gasteiger partial charge in [-0.3, -0.25) is 4.90 Å². The molecule has 7 heteroatoms. The van der Waals surface area contributed by atoms with Crippen molar-refractivity contribution in [1.29, 1.82) is 0 Å². The third kappa shape index (κ3) is 6.19. The number of rotatable bonds is 6. The topological polar surface area (TPSA) is 28.2 Å². The van der Waals surface area contributed by atoms with E-state index < -0.39 is 0 Å². The SMILES string of the molecule is CNCCC1CCN(Cc2csc(-c3ccccc3F)n2)CC1.Cl.Cl. The highest BCUT2D eigenvalue weighted by atomic mass is 35.5. The Bertz CT molecular complexity index is 630. The van der Waals surface area contributed by atoms with Gasteiger partial charge in [-0.15, -0.1) is 36.2 Å². The van der Waals surface area contributed by atoms with Gasteiger partial charge in [0, 0.05) is 17.5 Å². The van der Waals surface area contributed by atoms with E-state index in [2.05, 4.69) is 20.6 Å². The van der Waals surface area contributed by atoms with Crippen LogP contribution >= 0.6 is 36.2 Å². The molecule has 1 saturated heterocycles. The zero-order valence-corrected chi connectivity index (χ0v) is 16.9. The van der Waals surface area contributed by atoms with E-state index in [-0.39, 0.29) is 30.6 Å². The van der Waals surface area contributed by atoms with Crippen molar-refractivity contribution in [1.82, 2.24) is 15.2 Å². The number of hydrogen-bond acceptors (Lipinski definition) is 4. The van der Waals surface area contributed by atoms with E-state index in [4.69, 9.17) is 0 Å². The van der Waals surface area contributed by atoms with Crippen molar-refractivity contribution < 1.29 is 4.39 Å². The molecule has 0 saturated carbocycles. The molecule has 1 aliphatic rings. The van der Waals surface area contributed by atoms with E-state index in [1.807, 2.05) is 13.1 Å². The normalized spacial score (nSPS) is 15.4. The molecule has 1 aliphatic heterocycles. The standard InChI is InChI=1S/C18H24FN3S.2ClH/c1-20-9-6-14-7-10-22(11-8-14)12-15-13-23-18(21-15)16-4-2-3-5-17(16)19;;/h2-5,13-14,20H,6-12H2,1H3;2*1H. The van der Waals surface area contributed by atoms with E-state index in [9.17, 15) is 4.39 Å². The summed E-state index contributed by atoms with van der Waals surface area (Å²) >= 11 is 1.53. The molecule has 0 amide bonds. The lowest BCUT2D eigenvalue weighted by Crippen LogP contribution is -2.34. The fraction of sp³-hybridized carbons (Fsp3) is 0.500. The van der Waals surface area contributed by atoms with E-state index in [1.165, 1.54) is 36.7 Å². The predicted octanol–water partition coefficient (Wildman–Crippen LogP) is 4.61. The molecule has 0 unspecified atom stereocenters. The Morgan fingerprint density at radius 1 is 1.24 bits per heavy atom. The number of nitrogens with zero attached hydrogens (tertiary/aromatic N) is 2. The first-order valence-electron chi connectivity index (χ1n) is 8.32. The first kappa shape index (κ1) is 22.3. The van der Waals surface area contributed by atoms with Crippen LogP contribution in [0.15, 0.2) is 29.6 Å². The molecule has 0 atom stereocenters. The molecular formula is C18H26Cl2FN3S. The molecular weight excluding hydrogens is 380 g/mol. The quantitative estimate of drug-likeness (QED) is 0.759. The Balaban J connectivity index is 0.00000156. The van der Waals surface area contributed by atoms with Gasteiger partial charge in [-0.25, -0.2) is 9.37 Å². The molecule has 0 bridgehead atoms. The van der Waals surface area contributed by atoms with Gasteiger partial charge >= 0.3 is 0 Å². The van der Waals surface area contributed by atoms with E-state index in [0.717, 1.165) is 42.8 Å². The highest BCUT2D eigenvalue weighted by Crippen LogP contribution is 2.27. The molecule has 3 rings (SSSR count). The molecule has 25 heavy (non-hydrogen) atoms. The lowest BCUT2D eigenvalue weighted by atomic mass is 9.93. The van der Waals surface area contributed by atoms with Crippen molar-refractivity contribution in [2.45, 2.75) is 25.8 Å². The maximum atomic E-state index is 13.8. The van der Waals surface area contributed by atoms with Crippen LogP contribution in [0.25, 0.3) is 10.6 Å². The zero-order chi connectivity index (χ0) is 16.1. The maximum absolute atomic E-state index is 13.8. The van der Waals surface area contributed by atoms with Gasteiger partial charge in [0.2, 0.25) is 0 Å². The second-order valence-corrected chi connectivity index (χ2v) is 7.09. The second-order valence-electron chi connectivity index (χ2n) is 6.24. The average Bonchev–Trinajstić information content (AvgIpc) is 3.03. The van der Waals surface area contributed by atoms with Crippen molar-refractivity contribution in [3.8, 4) is 10.6 Å². The zero-order valence-electron chi connectivity index (χ0n) is 14.4. The minimum Gasteiger partial charge on any atom is -0.320 e. The molecule has 0 aliphatic carbocycles. The van der Waals surface area contributed by atoms with Crippen LogP contribution in [0.4, 0.5) is 4.39 Å². The number of piperidine rings is 1. The molecule has 1 aromatic carbocycles. The van der Waals surface area contributed by atoms with Gasteiger partial charge in [0.1, 0.15) is 10.8 Å². The van der Waals surface area contributed by atoms with Crippen molar-refractivity contribution in [3.05, 3.63) is 41.2 Å². The Hall–Kier alpha value is -0.720. The third-order valence-corrected chi connectivity index (χ3v) is 5.48. The van der Waals surface area contributed by atoms with Gasteiger partial charge in [-0.1, -0.05) is 12.1 Å². The summed E-state index contributed by atoms with van der Waals surface area (Å²) in [6.07, 6.45) is 3.82. The van der Waals surface area contributed by atoms with Crippen molar-refractivity contribution >= 4 is 36.2 Å². The van der Waals surface area contributed by atoms with Gasteiger partial charge in [-0.05, 0) is 64.0 Å². The van der Waals surface area contributed by atoms with E-state index in [1.54, 1.807) is 12.1 Å². The van der Waals surface area contributed by atoms with Crippen LogP contribution in [0.5, 0.6) is 0 Å². The molecule has 2 aromatic rings. The monoisotopic (exact) mass is 405 g/mol. The second kappa shape index (κ2) is 11.1. The van der Waals surface area contributed by atoms with Crippen LogP contribution in [0.3, 0.4) is 0 Å². The summed E-state index contributed by atoms with van der Waals surface area (Å²) in [6, 6.07) is 6.86. The number of thiazole rings is 1. The number of nitrogens with one attached hydrogen (secondary N) is 1.